The highest BCUT2D eigenvalue weighted by Gasteiger charge is 2.11. The first-order valence-electron chi connectivity index (χ1n) is 5.68. The van der Waals surface area contributed by atoms with E-state index in [4.69, 9.17) is 4.74 Å². The summed E-state index contributed by atoms with van der Waals surface area (Å²) >= 11 is 0. The molecule has 1 aromatic carbocycles. The van der Waals surface area contributed by atoms with Crippen LogP contribution >= 0.6 is 0 Å². The molecule has 0 radical (unpaired) electrons. The first-order valence-corrected chi connectivity index (χ1v) is 5.68. The number of phenolic OH excluding ortho intramolecular Hbond substituents is 1. The fourth-order valence-corrected chi connectivity index (χ4v) is 1.41. The van der Waals surface area contributed by atoms with Gasteiger partial charge in [-0.15, -0.1) is 0 Å². The number of carbonyl (C=O) groups excluding carboxylic acids is 1. The normalized spacial score (nSPS) is 10.1. The molecule has 0 saturated carbocycles. The van der Waals surface area contributed by atoms with Crippen LogP contribution in [0.1, 0.15) is 43.5 Å². The van der Waals surface area contributed by atoms with Crippen molar-refractivity contribution in [2.24, 2.45) is 0 Å². The number of phenols is 1. The first-order chi connectivity index (χ1) is 7.69. The van der Waals surface area contributed by atoms with Crippen LogP contribution in [0.25, 0.3) is 0 Å². The number of Topliss-reactive ketones (excluding diaryl/α,β-unsaturated/α-hetero) is 1. The molecule has 0 aromatic heterocycles. The lowest BCUT2D eigenvalue weighted by molar-refractivity contribution is 0.0978. The molecule has 1 aromatic rings. The van der Waals surface area contributed by atoms with Crippen LogP contribution < -0.4 is 4.74 Å². The highest BCUT2D eigenvalue weighted by atomic mass is 16.5. The predicted molar refractivity (Wildman–Crippen MR) is 63.1 cm³/mol. The summed E-state index contributed by atoms with van der Waals surface area (Å²) in [6.45, 7) is 4.57. The Balaban J connectivity index is 2.85. The minimum Gasteiger partial charge on any atom is -0.507 e. The van der Waals surface area contributed by atoms with Crippen LogP contribution in [0.4, 0.5) is 0 Å². The molecule has 1 rings (SSSR count). The molecule has 0 saturated heterocycles. The van der Waals surface area contributed by atoms with Gasteiger partial charge in [-0.3, -0.25) is 4.79 Å². The Hall–Kier alpha value is -1.51. The van der Waals surface area contributed by atoms with Crippen LogP contribution in [0.15, 0.2) is 18.2 Å². The topological polar surface area (TPSA) is 46.5 Å². The molecule has 3 heteroatoms. The molecule has 0 bridgehead atoms. The van der Waals surface area contributed by atoms with E-state index in [0.717, 1.165) is 12.8 Å². The summed E-state index contributed by atoms with van der Waals surface area (Å²) in [6.07, 6.45) is 2.14. The van der Waals surface area contributed by atoms with Gasteiger partial charge in [0.2, 0.25) is 0 Å². The van der Waals surface area contributed by atoms with Crippen LogP contribution in [0, 0.1) is 0 Å². The largest absolute Gasteiger partial charge is 0.507 e. The van der Waals surface area contributed by atoms with Gasteiger partial charge in [-0.05, 0) is 31.0 Å². The Morgan fingerprint density at radius 1 is 1.31 bits per heavy atom. The van der Waals surface area contributed by atoms with Crippen LogP contribution in [0.3, 0.4) is 0 Å². The smallest absolute Gasteiger partial charge is 0.166 e. The number of benzene rings is 1. The summed E-state index contributed by atoms with van der Waals surface area (Å²) < 4.78 is 5.42. The van der Waals surface area contributed by atoms with Gasteiger partial charge in [-0.25, -0.2) is 0 Å². The molecule has 1 N–H and O–H groups in total. The lowest BCUT2D eigenvalue weighted by Crippen LogP contribution is -2.01. The molecule has 3 nitrogen and oxygen atoms in total. The Morgan fingerprint density at radius 2 is 2.06 bits per heavy atom. The van der Waals surface area contributed by atoms with Gasteiger partial charge < -0.3 is 9.84 Å². The number of rotatable bonds is 6. The predicted octanol–water partition coefficient (Wildman–Crippen LogP) is 3.16. The zero-order valence-corrected chi connectivity index (χ0v) is 9.82. The van der Waals surface area contributed by atoms with E-state index in [1.54, 1.807) is 12.1 Å². The fraction of sp³-hybridized carbons (Fsp3) is 0.462. The molecule has 16 heavy (non-hydrogen) atoms. The van der Waals surface area contributed by atoms with Crippen LogP contribution in [0.5, 0.6) is 11.5 Å². The molecule has 0 aliphatic carbocycles. The number of carbonyl (C=O) groups is 1. The molecule has 0 aliphatic rings. The van der Waals surface area contributed by atoms with E-state index in [1.807, 2.05) is 13.8 Å². The van der Waals surface area contributed by atoms with Crippen molar-refractivity contribution < 1.29 is 14.6 Å². The third-order valence-corrected chi connectivity index (χ3v) is 2.22. The van der Waals surface area contributed by atoms with E-state index in [2.05, 4.69) is 0 Å². The number of hydrogen-bond acceptors (Lipinski definition) is 3. The third-order valence-electron chi connectivity index (χ3n) is 2.22. The summed E-state index contributed by atoms with van der Waals surface area (Å²) in [4.78, 5) is 11.7. The van der Waals surface area contributed by atoms with E-state index in [1.165, 1.54) is 6.07 Å². The minimum absolute atomic E-state index is 0.0299. The molecule has 0 atom stereocenters. The van der Waals surface area contributed by atoms with Crippen molar-refractivity contribution in [3.8, 4) is 11.5 Å². The van der Waals surface area contributed by atoms with Crippen molar-refractivity contribution >= 4 is 5.78 Å². The van der Waals surface area contributed by atoms with Gasteiger partial charge in [0, 0.05) is 6.42 Å². The van der Waals surface area contributed by atoms with E-state index >= 15 is 0 Å². The summed E-state index contributed by atoms with van der Waals surface area (Å²) in [6, 6.07) is 4.80. The lowest BCUT2D eigenvalue weighted by atomic mass is 10.1. The highest BCUT2D eigenvalue weighted by molar-refractivity contribution is 5.98. The summed E-state index contributed by atoms with van der Waals surface area (Å²) in [7, 11) is 0. The Morgan fingerprint density at radius 3 is 2.69 bits per heavy atom. The van der Waals surface area contributed by atoms with E-state index in [9.17, 15) is 9.90 Å². The molecule has 88 valence electrons. The monoisotopic (exact) mass is 222 g/mol. The Kier molecular flexibility index (Phi) is 4.83. The summed E-state index contributed by atoms with van der Waals surface area (Å²) in [5.41, 5.74) is 0.357. The maximum atomic E-state index is 11.7. The van der Waals surface area contributed by atoms with Crippen LogP contribution in [-0.2, 0) is 0 Å². The minimum atomic E-state index is -0.0399. The zero-order chi connectivity index (χ0) is 12.0. The van der Waals surface area contributed by atoms with Crippen molar-refractivity contribution in [2.45, 2.75) is 33.1 Å². The van der Waals surface area contributed by atoms with Crippen LogP contribution in [-0.4, -0.2) is 17.5 Å². The molecule has 0 unspecified atom stereocenters. The van der Waals surface area contributed by atoms with Crippen molar-refractivity contribution in [3.63, 3.8) is 0 Å². The Labute approximate surface area is 96.1 Å². The molecule has 0 amide bonds. The van der Waals surface area contributed by atoms with Crippen molar-refractivity contribution in [2.75, 3.05) is 6.61 Å². The van der Waals surface area contributed by atoms with Gasteiger partial charge in [0.1, 0.15) is 11.5 Å². The van der Waals surface area contributed by atoms with Gasteiger partial charge in [0.15, 0.2) is 5.78 Å². The highest BCUT2D eigenvalue weighted by Crippen LogP contribution is 2.24. The quantitative estimate of drug-likeness (QED) is 0.752. The number of ketones is 1. The van der Waals surface area contributed by atoms with Gasteiger partial charge in [0.05, 0.1) is 12.2 Å². The second kappa shape index (κ2) is 6.16. The second-order valence-electron chi connectivity index (χ2n) is 3.70. The Bertz CT molecular complexity index is 358. The van der Waals surface area contributed by atoms with Gasteiger partial charge >= 0.3 is 0 Å². The summed E-state index contributed by atoms with van der Waals surface area (Å²) in [5, 5.41) is 9.58. The lowest BCUT2D eigenvalue weighted by Gasteiger charge is -2.08. The summed E-state index contributed by atoms with van der Waals surface area (Å²) in [5.74, 6) is 0.628. The van der Waals surface area contributed by atoms with Crippen molar-refractivity contribution in [1.29, 1.82) is 0 Å². The molecular weight excluding hydrogens is 204 g/mol. The van der Waals surface area contributed by atoms with E-state index in [-0.39, 0.29) is 11.5 Å². The molecule has 0 spiro atoms. The number of ether oxygens (including phenoxy) is 1. The van der Waals surface area contributed by atoms with Gasteiger partial charge in [-0.2, -0.15) is 0 Å². The molecule has 0 fully saturated rings. The van der Waals surface area contributed by atoms with Gasteiger partial charge in [-0.1, -0.05) is 13.8 Å². The number of aromatic hydroxyl groups is 1. The van der Waals surface area contributed by atoms with Crippen LogP contribution in [0.2, 0.25) is 0 Å². The average Bonchev–Trinajstić information content (AvgIpc) is 2.28. The van der Waals surface area contributed by atoms with Crippen molar-refractivity contribution in [1.82, 2.24) is 0 Å². The van der Waals surface area contributed by atoms with E-state index < -0.39 is 0 Å². The first kappa shape index (κ1) is 12.6. The average molecular weight is 222 g/mol. The maximum absolute atomic E-state index is 11.7. The van der Waals surface area contributed by atoms with Crippen molar-refractivity contribution in [3.05, 3.63) is 23.8 Å². The second-order valence-corrected chi connectivity index (χ2v) is 3.70. The maximum Gasteiger partial charge on any atom is 0.166 e. The fourth-order valence-electron chi connectivity index (χ4n) is 1.41. The SMILES string of the molecule is CCCOc1ccc(O)c(C(=O)CCC)c1. The number of hydrogen-bond donors (Lipinski definition) is 1. The molecule has 0 heterocycles. The van der Waals surface area contributed by atoms with Gasteiger partial charge in [0.25, 0.3) is 0 Å². The standard InChI is InChI=1S/C13H18O3/c1-3-5-12(14)11-9-10(16-8-4-2)6-7-13(11)15/h6-7,9,15H,3-5,8H2,1-2H3. The molecule has 0 aliphatic heterocycles. The zero-order valence-electron chi connectivity index (χ0n) is 9.82. The van der Waals surface area contributed by atoms with E-state index in [0.29, 0.717) is 24.3 Å². The third kappa shape index (κ3) is 3.26. The molecular formula is C13H18O3.